The third kappa shape index (κ3) is 5.18. The van der Waals surface area contributed by atoms with E-state index in [2.05, 4.69) is 4.74 Å². The molecule has 0 amide bonds. The predicted molar refractivity (Wildman–Crippen MR) is 51.3 cm³/mol. The lowest BCUT2D eigenvalue weighted by atomic mass is 10.2. The third-order valence-corrected chi connectivity index (χ3v) is 2.37. The molecule has 1 rings (SSSR count). The van der Waals surface area contributed by atoms with Crippen molar-refractivity contribution in [3.05, 3.63) is 0 Å². The van der Waals surface area contributed by atoms with Gasteiger partial charge in [0.05, 0.1) is 12.7 Å². The van der Waals surface area contributed by atoms with E-state index >= 15 is 0 Å². The molecule has 1 heterocycles. The van der Waals surface area contributed by atoms with E-state index in [0.29, 0.717) is 6.61 Å². The lowest BCUT2D eigenvalue weighted by molar-refractivity contribution is -0.218. The molecule has 0 aliphatic carbocycles. The summed E-state index contributed by atoms with van der Waals surface area (Å²) >= 11 is 0. The average molecular weight is 260 g/mol. The number of rotatable bonds is 7. The smallest absolute Gasteiger partial charge is 0.330 e. The first-order valence-electron chi connectivity index (χ1n) is 5.42. The summed E-state index contributed by atoms with van der Waals surface area (Å²) in [5, 5.41) is 0. The molecule has 17 heavy (non-hydrogen) atoms. The Balaban J connectivity index is 2.14. The van der Waals surface area contributed by atoms with E-state index in [-0.39, 0.29) is 12.7 Å². The maximum atomic E-state index is 12.5. The van der Waals surface area contributed by atoms with Gasteiger partial charge in [0.25, 0.3) is 0 Å². The van der Waals surface area contributed by atoms with Crippen molar-refractivity contribution >= 4 is 0 Å². The molecule has 0 bridgehead atoms. The van der Waals surface area contributed by atoms with Gasteiger partial charge < -0.3 is 14.2 Å². The zero-order chi connectivity index (χ0) is 12.9. The van der Waals surface area contributed by atoms with E-state index in [4.69, 9.17) is 9.47 Å². The van der Waals surface area contributed by atoms with Crippen LogP contribution in [0.1, 0.15) is 19.8 Å². The zero-order valence-electron chi connectivity index (χ0n) is 9.50. The summed E-state index contributed by atoms with van der Waals surface area (Å²) in [6, 6.07) is 0. The predicted octanol–water partition coefficient (Wildman–Crippen LogP) is 2.45. The van der Waals surface area contributed by atoms with Gasteiger partial charge in [0.15, 0.2) is 6.29 Å². The minimum absolute atomic E-state index is 0.0586. The van der Waals surface area contributed by atoms with Gasteiger partial charge in [0, 0.05) is 6.61 Å². The Morgan fingerprint density at radius 3 is 2.59 bits per heavy atom. The highest BCUT2D eigenvalue weighted by Crippen LogP contribution is 2.23. The molecule has 0 spiro atoms. The van der Waals surface area contributed by atoms with Crippen molar-refractivity contribution in [2.75, 3.05) is 19.8 Å². The second-order valence-electron chi connectivity index (χ2n) is 3.91. The SMILES string of the molecule is CC(OCC1CCCO1)OCC(F)(F)C(F)F. The van der Waals surface area contributed by atoms with Gasteiger partial charge in [-0.2, -0.15) is 8.78 Å². The number of hydrogen-bond acceptors (Lipinski definition) is 3. The molecule has 0 aromatic carbocycles. The Hall–Kier alpha value is -0.400. The maximum absolute atomic E-state index is 12.5. The van der Waals surface area contributed by atoms with E-state index in [1.807, 2.05) is 0 Å². The number of ether oxygens (including phenoxy) is 3. The number of alkyl halides is 4. The van der Waals surface area contributed by atoms with Crippen LogP contribution in [0, 0.1) is 0 Å². The van der Waals surface area contributed by atoms with E-state index in [9.17, 15) is 17.6 Å². The fourth-order valence-corrected chi connectivity index (χ4v) is 1.36. The van der Waals surface area contributed by atoms with Crippen molar-refractivity contribution in [1.82, 2.24) is 0 Å². The van der Waals surface area contributed by atoms with E-state index in [1.54, 1.807) is 0 Å². The van der Waals surface area contributed by atoms with Crippen LogP contribution in [-0.2, 0) is 14.2 Å². The summed E-state index contributed by atoms with van der Waals surface area (Å²) in [5.41, 5.74) is 0. The Morgan fingerprint density at radius 2 is 2.06 bits per heavy atom. The van der Waals surface area contributed by atoms with Gasteiger partial charge in [0.1, 0.15) is 6.61 Å². The van der Waals surface area contributed by atoms with Gasteiger partial charge in [-0.25, -0.2) is 8.78 Å². The highest BCUT2D eigenvalue weighted by atomic mass is 19.3. The molecule has 1 aliphatic rings. The molecule has 7 heteroatoms. The molecular formula is C10H16F4O3. The number of halogens is 4. The monoisotopic (exact) mass is 260 g/mol. The Labute approximate surface area is 97.0 Å². The molecule has 1 fully saturated rings. The lowest BCUT2D eigenvalue weighted by Crippen LogP contribution is -2.35. The van der Waals surface area contributed by atoms with Gasteiger partial charge in [-0.15, -0.1) is 0 Å². The second-order valence-corrected chi connectivity index (χ2v) is 3.91. The van der Waals surface area contributed by atoms with Crippen LogP contribution in [0.15, 0.2) is 0 Å². The summed E-state index contributed by atoms with van der Waals surface area (Å²) in [6.45, 7) is 0.919. The van der Waals surface area contributed by atoms with Crippen molar-refractivity contribution in [2.45, 2.75) is 44.5 Å². The van der Waals surface area contributed by atoms with Crippen LogP contribution in [0.4, 0.5) is 17.6 Å². The van der Waals surface area contributed by atoms with Crippen LogP contribution in [-0.4, -0.2) is 44.6 Å². The third-order valence-electron chi connectivity index (χ3n) is 2.37. The minimum atomic E-state index is -4.14. The van der Waals surface area contributed by atoms with Crippen molar-refractivity contribution in [3.8, 4) is 0 Å². The van der Waals surface area contributed by atoms with E-state index < -0.39 is 25.2 Å². The van der Waals surface area contributed by atoms with Gasteiger partial charge in [0.2, 0.25) is 0 Å². The summed E-state index contributed by atoms with van der Waals surface area (Å²) in [4.78, 5) is 0. The quantitative estimate of drug-likeness (QED) is 0.520. The average Bonchev–Trinajstić information content (AvgIpc) is 2.76. The summed E-state index contributed by atoms with van der Waals surface area (Å²) in [6.07, 6.45) is -2.96. The lowest BCUT2D eigenvalue weighted by Gasteiger charge is -2.20. The van der Waals surface area contributed by atoms with Crippen molar-refractivity contribution in [3.63, 3.8) is 0 Å². The second kappa shape index (κ2) is 6.51. The number of hydrogen-bond donors (Lipinski definition) is 0. The molecule has 102 valence electrons. The van der Waals surface area contributed by atoms with Gasteiger partial charge in [-0.1, -0.05) is 0 Å². The van der Waals surface area contributed by atoms with E-state index in [1.165, 1.54) is 6.92 Å². The van der Waals surface area contributed by atoms with Crippen molar-refractivity contribution in [2.24, 2.45) is 0 Å². The van der Waals surface area contributed by atoms with Crippen LogP contribution < -0.4 is 0 Å². The summed E-state index contributed by atoms with van der Waals surface area (Å²) in [7, 11) is 0. The normalized spacial score (nSPS) is 23.3. The highest BCUT2D eigenvalue weighted by molar-refractivity contribution is 4.68. The van der Waals surface area contributed by atoms with Crippen LogP contribution in [0.5, 0.6) is 0 Å². The molecule has 0 radical (unpaired) electrons. The van der Waals surface area contributed by atoms with Gasteiger partial charge in [-0.05, 0) is 19.8 Å². The maximum Gasteiger partial charge on any atom is 0.330 e. The molecule has 1 aliphatic heterocycles. The Morgan fingerprint density at radius 1 is 1.35 bits per heavy atom. The van der Waals surface area contributed by atoms with Crippen molar-refractivity contribution < 1.29 is 31.8 Å². The molecule has 0 aromatic rings. The molecule has 0 aromatic heterocycles. The summed E-state index contributed by atoms with van der Waals surface area (Å²) in [5.74, 6) is -4.14. The fourth-order valence-electron chi connectivity index (χ4n) is 1.36. The van der Waals surface area contributed by atoms with Gasteiger partial charge in [-0.3, -0.25) is 0 Å². The molecule has 0 saturated carbocycles. The largest absolute Gasteiger partial charge is 0.376 e. The minimum Gasteiger partial charge on any atom is -0.376 e. The fraction of sp³-hybridized carbons (Fsp3) is 1.00. The van der Waals surface area contributed by atoms with Gasteiger partial charge >= 0.3 is 12.3 Å². The molecular weight excluding hydrogens is 244 g/mol. The first kappa shape index (κ1) is 14.7. The van der Waals surface area contributed by atoms with E-state index in [0.717, 1.165) is 12.8 Å². The molecule has 3 nitrogen and oxygen atoms in total. The van der Waals surface area contributed by atoms with Crippen LogP contribution >= 0.6 is 0 Å². The topological polar surface area (TPSA) is 27.7 Å². The van der Waals surface area contributed by atoms with Crippen LogP contribution in [0.2, 0.25) is 0 Å². The first-order chi connectivity index (χ1) is 7.92. The Bertz CT molecular complexity index is 220. The Kier molecular flexibility index (Phi) is 5.61. The highest BCUT2D eigenvalue weighted by Gasteiger charge is 2.41. The molecule has 2 atom stereocenters. The molecule has 2 unspecified atom stereocenters. The van der Waals surface area contributed by atoms with Crippen LogP contribution in [0.25, 0.3) is 0 Å². The standard InChI is InChI=1S/C10H16F4O3/c1-7(16-5-8-3-2-4-15-8)17-6-10(13,14)9(11)12/h7-9H,2-6H2,1H3. The zero-order valence-corrected chi connectivity index (χ0v) is 9.50. The summed E-state index contributed by atoms with van der Waals surface area (Å²) < 4.78 is 63.4. The van der Waals surface area contributed by atoms with Crippen molar-refractivity contribution in [1.29, 1.82) is 0 Å². The first-order valence-corrected chi connectivity index (χ1v) is 5.42. The van der Waals surface area contributed by atoms with Crippen LogP contribution in [0.3, 0.4) is 0 Å². The molecule has 1 saturated heterocycles. The molecule has 0 N–H and O–H groups in total.